The largest absolute Gasteiger partial charge is 0.340 e. The van der Waals surface area contributed by atoms with Crippen LogP contribution in [0.4, 0.5) is 4.39 Å². The first-order valence-electron chi connectivity index (χ1n) is 13.6. The van der Waals surface area contributed by atoms with Gasteiger partial charge in [0.2, 0.25) is 0 Å². The first-order chi connectivity index (χ1) is 16.1. The van der Waals surface area contributed by atoms with Gasteiger partial charge in [-0.1, -0.05) is 20.8 Å². The Hall–Kier alpha value is -1.59. The Bertz CT molecular complexity index is 897. The fourth-order valence-corrected chi connectivity index (χ4v) is 9.12. The molecular formula is C28H40FNO4. The molecule has 0 aromatic heterocycles. The molecule has 5 nitrogen and oxygen atoms in total. The molecule has 1 saturated heterocycles. The fourth-order valence-electron chi connectivity index (χ4n) is 9.12. The molecule has 0 N–H and O–H groups in total. The Morgan fingerprint density at radius 1 is 1.06 bits per heavy atom. The van der Waals surface area contributed by atoms with Gasteiger partial charge in [0, 0.05) is 50.1 Å². The average molecular weight is 474 g/mol. The second-order valence-corrected chi connectivity index (χ2v) is 12.7. The standard InChI is InChI=1S/C28H40FNO4/c1-16(12-22(29)26(34)30-10-4-5-11-30)19-6-7-20-25-21(15-24(33)28(19,20)3)27(2)9-8-18(31)13-17(27)14-23(25)32/h16-17,19-22,25H,4-15H2,1-3H3/t16-,17+,19-,20+,21+,22?,25+,27+,28-/m1/s1. The number of hydrogen-bond acceptors (Lipinski definition) is 4. The number of Topliss-reactive ketones (excluding diaryl/α,β-unsaturated/α-hetero) is 3. The van der Waals surface area contributed by atoms with E-state index < -0.39 is 17.5 Å². The zero-order valence-corrected chi connectivity index (χ0v) is 21.0. The van der Waals surface area contributed by atoms with E-state index in [1.54, 1.807) is 4.90 Å². The number of likely N-dealkylation sites (tertiary alicyclic amines) is 1. The molecule has 0 radical (unpaired) electrons. The summed E-state index contributed by atoms with van der Waals surface area (Å²) in [4.78, 5) is 53.6. The third-order valence-electron chi connectivity index (χ3n) is 11.2. The normalized spacial score (nSPS) is 43.8. The van der Waals surface area contributed by atoms with Crippen LogP contribution in [-0.2, 0) is 19.2 Å². The molecule has 1 aliphatic heterocycles. The van der Waals surface area contributed by atoms with E-state index in [0.717, 1.165) is 32.1 Å². The van der Waals surface area contributed by atoms with Gasteiger partial charge in [-0.25, -0.2) is 4.39 Å². The van der Waals surface area contributed by atoms with Gasteiger partial charge < -0.3 is 4.90 Å². The van der Waals surface area contributed by atoms with Crippen LogP contribution in [0.5, 0.6) is 0 Å². The van der Waals surface area contributed by atoms with E-state index in [1.807, 2.05) is 13.8 Å². The van der Waals surface area contributed by atoms with Crippen LogP contribution in [0.3, 0.4) is 0 Å². The number of amides is 1. The number of halogens is 1. The predicted molar refractivity (Wildman–Crippen MR) is 125 cm³/mol. The molecule has 34 heavy (non-hydrogen) atoms. The minimum absolute atomic E-state index is 0.00134. The number of ketones is 3. The van der Waals surface area contributed by atoms with E-state index >= 15 is 4.39 Å². The maximum atomic E-state index is 15.0. The van der Waals surface area contributed by atoms with Gasteiger partial charge in [0.25, 0.3) is 5.91 Å². The van der Waals surface area contributed by atoms with Gasteiger partial charge in [0.05, 0.1) is 0 Å². The molecule has 5 fully saturated rings. The number of rotatable bonds is 4. The maximum Gasteiger partial charge on any atom is 0.257 e. The predicted octanol–water partition coefficient (Wildman–Crippen LogP) is 4.56. The smallest absolute Gasteiger partial charge is 0.257 e. The topological polar surface area (TPSA) is 71.5 Å². The molecule has 0 aromatic carbocycles. The number of nitrogens with zero attached hydrogens (tertiary/aromatic N) is 1. The Labute approximate surface area is 202 Å². The number of carbonyl (C=O) groups is 4. The van der Waals surface area contributed by atoms with E-state index in [0.29, 0.717) is 38.8 Å². The number of carbonyl (C=O) groups excluding carboxylic acids is 4. The SMILES string of the molecule is C[C@H](CC(F)C(=O)N1CCCC1)[C@H]1CC[C@H]2[C@@H]3C(=O)C[C@@H]4CC(=O)CC[C@]4(C)[C@H]3CC(=O)[C@]12C. The summed E-state index contributed by atoms with van der Waals surface area (Å²) < 4.78 is 15.0. The zero-order valence-electron chi connectivity index (χ0n) is 21.0. The highest BCUT2D eigenvalue weighted by molar-refractivity contribution is 5.93. The summed E-state index contributed by atoms with van der Waals surface area (Å²) in [5.41, 5.74) is -0.750. The summed E-state index contributed by atoms with van der Waals surface area (Å²) in [5.74, 6) is 0.202. The molecule has 0 aromatic rings. The van der Waals surface area contributed by atoms with Crippen LogP contribution in [0.2, 0.25) is 0 Å². The molecule has 6 heteroatoms. The molecule has 5 rings (SSSR count). The highest BCUT2D eigenvalue weighted by Gasteiger charge is 2.66. The van der Waals surface area contributed by atoms with Crippen LogP contribution in [0.1, 0.15) is 85.0 Å². The monoisotopic (exact) mass is 473 g/mol. The summed E-state index contributed by atoms with van der Waals surface area (Å²) in [7, 11) is 0. The summed E-state index contributed by atoms with van der Waals surface area (Å²) in [6.45, 7) is 7.54. The van der Waals surface area contributed by atoms with Crippen LogP contribution in [0.25, 0.3) is 0 Å². The lowest BCUT2D eigenvalue weighted by Gasteiger charge is -2.58. The van der Waals surface area contributed by atoms with E-state index in [1.165, 1.54) is 0 Å². The van der Waals surface area contributed by atoms with E-state index in [-0.39, 0.29) is 64.7 Å². The van der Waals surface area contributed by atoms with Gasteiger partial charge in [-0.3, -0.25) is 19.2 Å². The van der Waals surface area contributed by atoms with Crippen LogP contribution in [0, 0.1) is 46.3 Å². The van der Waals surface area contributed by atoms with E-state index in [2.05, 4.69) is 6.92 Å². The number of fused-ring (bicyclic) bond motifs is 5. The lowest BCUT2D eigenvalue weighted by atomic mass is 9.44. The molecule has 1 unspecified atom stereocenters. The Morgan fingerprint density at radius 2 is 1.76 bits per heavy atom. The van der Waals surface area contributed by atoms with E-state index in [9.17, 15) is 19.2 Å². The molecule has 9 atom stereocenters. The summed E-state index contributed by atoms with van der Waals surface area (Å²) in [6.07, 6.45) is 4.83. The highest BCUT2D eigenvalue weighted by Crippen LogP contribution is 2.66. The van der Waals surface area contributed by atoms with Crippen molar-refractivity contribution in [3.63, 3.8) is 0 Å². The third kappa shape index (κ3) is 3.52. The molecule has 1 amide bonds. The Morgan fingerprint density at radius 3 is 2.47 bits per heavy atom. The lowest BCUT2D eigenvalue weighted by Crippen LogP contribution is -2.60. The summed E-state index contributed by atoms with van der Waals surface area (Å²) in [5, 5.41) is 0. The molecule has 4 aliphatic carbocycles. The van der Waals surface area contributed by atoms with Crippen molar-refractivity contribution in [2.75, 3.05) is 13.1 Å². The summed E-state index contributed by atoms with van der Waals surface area (Å²) >= 11 is 0. The van der Waals surface area contributed by atoms with Gasteiger partial charge in [0.1, 0.15) is 17.3 Å². The van der Waals surface area contributed by atoms with Crippen molar-refractivity contribution < 1.29 is 23.6 Å². The second-order valence-electron chi connectivity index (χ2n) is 12.7. The average Bonchev–Trinajstić information content (AvgIpc) is 3.44. The Kier molecular flexibility index (Phi) is 6.04. The van der Waals surface area contributed by atoms with Crippen LogP contribution in [-0.4, -0.2) is 47.4 Å². The quantitative estimate of drug-likeness (QED) is 0.600. The fraction of sp³-hybridized carbons (Fsp3) is 0.857. The van der Waals surface area contributed by atoms with Crippen molar-refractivity contribution in [2.24, 2.45) is 46.3 Å². The van der Waals surface area contributed by atoms with Gasteiger partial charge >= 0.3 is 0 Å². The zero-order chi connectivity index (χ0) is 24.4. The van der Waals surface area contributed by atoms with Crippen molar-refractivity contribution in [3.8, 4) is 0 Å². The molecule has 0 spiro atoms. The van der Waals surface area contributed by atoms with Crippen LogP contribution < -0.4 is 0 Å². The van der Waals surface area contributed by atoms with Gasteiger partial charge in [0.15, 0.2) is 6.17 Å². The highest BCUT2D eigenvalue weighted by atomic mass is 19.1. The summed E-state index contributed by atoms with van der Waals surface area (Å²) in [6, 6.07) is 0. The molecule has 1 heterocycles. The minimum atomic E-state index is -1.52. The van der Waals surface area contributed by atoms with Gasteiger partial charge in [-0.2, -0.15) is 0 Å². The second kappa shape index (κ2) is 8.51. The van der Waals surface area contributed by atoms with E-state index in [4.69, 9.17) is 0 Å². The number of alkyl halides is 1. The van der Waals surface area contributed by atoms with Crippen molar-refractivity contribution in [3.05, 3.63) is 0 Å². The van der Waals surface area contributed by atoms with Crippen molar-refractivity contribution >= 4 is 23.3 Å². The molecule has 4 saturated carbocycles. The molecule has 188 valence electrons. The van der Waals surface area contributed by atoms with Crippen LogP contribution in [0.15, 0.2) is 0 Å². The maximum absolute atomic E-state index is 15.0. The third-order valence-corrected chi connectivity index (χ3v) is 11.2. The first kappa shape index (κ1) is 24.1. The lowest BCUT2D eigenvalue weighted by molar-refractivity contribution is -0.166. The number of hydrogen-bond donors (Lipinski definition) is 0. The Balaban J connectivity index is 1.36. The minimum Gasteiger partial charge on any atom is -0.340 e. The van der Waals surface area contributed by atoms with Gasteiger partial charge in [-0.15, -0.1) is 0 Å². The van der Waals surface area contributed by atoms with Crippen molar-refractivity contribution in [1.82, 2.24) is 4.90 Å². The first-order valence-corrected chi connectivity index (χ1v) is 13.6. The molecule has 5 aliphatic rings. The van der Waals surface area contributed by atoms with Crippen molar-refractivity contribution in [2.45, 2.75) is 91.2 Å². The van der Waals surface area contributed by atoms with Gasteiger partial charge in [-0.05, 0) is 73.5 Å². The molecular weight excluding hydrogens is 433 g/mol. The molecule has 0 bridgehead atoms. The van der Waals surface area contributed by atoms with Crippen molar-refractivity contribution in [1.29, 1.82) is 0 Å². The van der Waals surface area contributed by atoms with Crippen LogP contribution >= 0.6 is 0 Å².